The van der Waals surface area contributed by atoms with Crippen LogP contribution in [-0.2, 0) is 11.3 Å². The number of morpholine rings is 1. The summed E-state index contributed by atoms with van der Waals surface area (Å²) in [5.41, 5.74) is 0.822. The first-order chi connectivity index (χ1) is 8.96. The molecule has 1 aliphatic rings. The summed E-state index contributed by atoms with van der Waals surface area (Å²) < 4.78 is 11.3. The molecule has 5 heteroatoms. The highest BCUT2D eigenvalue weighted by Crippen LogP contribution is 2.22. The first kappa shape index (κ1) is 14.3. The van der Waals surface area contributed by atoms with E-state index in [0.717, 1.165) is 38.5 Å². The molecule has 1 aromatic rings. The second-order valence-corrected chi connectivity index (χ2v) is 6.18. The van der Waals surface area contributed by atoms with Crippen molar-refractivity contribution in [2.24, 2.45) is 5.92 Å². The molecule has 1 fully saturated rings. The van der Waals surface area contributed by atoms with Gasteiger partial charge in [-0.15, -0.1) is 0 Å². The van der Waals surface area contributed by atoms with Gasteiger partial charge in [-0.05, 0) is 26.3 Å². The number of ether oxygens (including phenoxy) is 1. The molecule has 0 saturated carbocycles. The number of nitrogens with zero attached hydrogens (tertiary/aromatic N) is 2. The van der Waals surface area contributed by atoms with Gasteiger partial charge in [-0.2, -0.15) is 4.98 Å². The molecule has 1 aliphatic heterocycles. The molecule has 1 aromatic heterocycles. The van der Waals surface area contributed by atoms with Crippen LogP contribution in [0.1, 0.15) is 33.4 Å². The average Bonchev–Trinajstić information content (AvgIpc) is 2.76. The largest absolute Gasteiger partial charge is 0.432 e. The van der Waals surface area contributed by atoms with E-state index in [2.05, 4.69) is 42.9 Å². The van der Waals surface area contributed by atoms with E-state index >= 15 is 0 Å². The van der Waals surface area contributed by atoms with Gasteiger partial charge in [0.1, 0.15) is 6.26 Å². The van der Waals surface area contributed by atoms with Crippen molar-refractivity contribution in [2.45, 2.75) is 39.8 Å². The van der Waals surface area contributed by atoms with Crippen molar-refractivity contribution in [1.29, 1.82) is 0 Å². The third-order valence-electron chi connectivity index (χ3n) is 3.09. The third kappa shape index (κ3) is 4.21. The Labute approximate surface area is 115 Å². The zero-order chi connectivity index (χ0) is 13.9. The Morgan fingerprint density at radius 3 is 2.95 bits per heavy atom. The lowest BCUT2D eigenvalue weighted by Crippen LogP contribution is -2.48. The summed E-state index contributed by atoms with van der Waals surface area (Å²) in [6, 6.07) is 0.706. The van der Waals surface area contributed by atoms with Crippen LogP contribution < -0.4 is 10.2 Å². The summed E-state index contributed by atoms with van der Waals surface area (Å²) in [6.07, 6.45) is 1.74. The third-order valence-corrected chi connectivity index (χ3v) is 3.09. The molecule has 0 radical (unpaired) electrons. The Kier molecular flexibility index (Phi) is 4.47. The van der Waals surface area contributed by atoms with E-state index in [0.29, 0.717) is 11.9 Å². The lowest BCUT2D eigenvalue weighted by molar-refractivity contribution is -0.0290. The first-order valence-electron chi connectivity index (χ1n) is 7.00. The lowest BCUT2D eigenvalue weighted by Gasteiger charge is -2.37. The molecule has 0 bridgehead atoms. The SMILES string of the molecule is CC(C)CNCc1coc(N2CCOC(C)(C)C2)n1. The maximum Gasteiger partial charge on any atom is 0.297 e. The fraction of sp³-hybridized carbons (Fsp3) is 0.786. The van der Waals surface area contributed by atoms with Crippen molar-refractivity contribution in [2.75, 3.05) is 31.1 Å². The van der Waals surface area contributed by atoms with Crippen molar-refractivity contribution in [1.82, 2.24) is 10.3 Å². The highest BCUT2D eigenvalue weighted by atomic mass is 16.5. The number of oxazole rings is 1. The van der Waals surface area contributed by atoms with Gasteiger partial charge in [-0.3, -0.25) is 0 Å². The van der Waals surface area contributed by atoms with E-state index in [-0.39, 0.29) is 5.60 Å². The van der Waals surface area contributed by atoms with Gasteiger partial charge >= 0.3 is 0 Å². The van der Waals surface area contributed by atoms with Gasteiger partial charge in [0.25, 0.3) is 6.01 Å². The predicted molar refractivity (Wildman–Crippen MR) is 75.3 cm³/mol. The van der Waals surface area contributed by atoms with Gasteiger partial charge < -0.3 is 19.4 Å². The summed E-state index contributed by atoms with van der Waals surface area (Å²) in [6.45, 7) is 12.7. The van der Waals surface area contributed by atoms with Crippen molar-refractivity contribution < 1.29 is 9.15 Å². The van der Waals surface area contributed by atoms with E-state index in [1.54, 1.807) is 6.26 Å². The Hall–Kier alpha value is -1.07. The van der Waals surface area contributed by atoms with Crippen LogP contribution >= 0.6 is 0 Å². The van der Waals surface area contributed by atoms with Gasteiger partial charge in [0.2, 0.25) is 0 Å². The average molecular weight is 267 g/mol. The summed E-state index contributed by atoms with van der Waals surface area (Å²) >= 11 is 0. The minimum absolute atomic E-state index is 0.136. The van der Waals surface area contributed by atoms with Gasteiger partial charge in [-0.1, -0.05) is 13.8 Å². The Balaban J connectivity index is 1.89. The molecule has 0 unspecified atom stereocenters. The van der Waals surface area contributed by atoms with Crippen LogP contribution in [-0.4, -0.2) is 36.8 Å². The van der Waals surface area contributed by atoms with Crippen LogP contribution in [0.3, 0.4) is 0 Å². The quantitative estimate of drug-likeness (QED) is 0.884. The molecule has 19 heavy (non-hydrogen) atoms. The second kappa shape index (κ2) is 5.92. The minimum atomic E-state index is -0.136. The fourth-order valence-corrected chi connectivity index (χ4v) is 2.19. The lowest BCUT2D eigenvalue weighted by atomic mass is 10.1. The molecular weight excluding hydrogens is 242 g/mol. The van der Waals surface area contributed by atoms with Crippen LogP contribution in [0.5, 0.6) is 0 Å². The number of rotatable bonds is 5. The van der Waals surface area contributed by atoms with E-state index in [1.807, 2.05) is 0 Å². The van der Waals surface area contributed by atoms with E-state index in [1.165, 1.54) is 0 Å². The standard InChI is InChI=1S/C14H25N3O2/c1-11(2)7-15-8-12-9-18-13(16-12)17-5-6-19-14(3,4)10-17/h9,11,15H,5-8,10H2,1-4H3. The molecule has 1 saturated heterocycles. The number of hydrogen-bond acceptors (Lipinski definition) is 5. The number of nitrogens with one attached hydrogen (secondary N) is 1. The molecule has 108 valence electrons. The minimum Gasteiger partial charge on any atom is -0.432 e. The zero-order valence-corrected chi connectivity index (χ0v) is 12.4. The first-order valence-corrected chi connectivity index (χ1v) is 7.00. The number of anilines is 1. The van der Waals surface area contributed by atoms with Crippen molar-refractivity contribution in [3.63, 3.8) is 0 Å². The highest BCUT2D eigenvalue weighted by molar-refractivity contribution is 5.28. The molecule has 0 atom stereocenters. The molecular formula is C14H25N3O2. The maximum absolute atomic E-state index is 5.69. The van der Waals surface area contributed by atoms with Crippen LogP contribution in [0.15, 0.2) is 10.7 Å². The van der Waals surface area contributed by atoms with Gasteiger partial charge in [0, 0.05) is 13.1 Å². The Bertz CT molecular complexity index is 401. The normalized spacial score (nSPS) is 19.1. The molecule has 2 rings (SSSR count). The monoisotopic (exact) mass is 267 g/mol. The molecule has 0 amide bonds. The van der Waals surface area contributed by atoms with Crippen molar-refractivity contribution in [3.05, 3.63) is 12.0 Å². The molecule has 0 aromatic carbocycles. The van der Waals surface area contributed by atoms with Crippen molar-refractivity contribution in [3.8, 4) is 0 Å². The summed E-state index contributed by atoms with van der Waals surface area (Å²) in [7, 11) is 0. The molecule has 2 heterocycles. The second-order valence-electron chi connectivity index (χ2n) is 6.18. The fourth-order valence-electron chi connectivity index (χ4n) is 2.19. The van der Waals surface area contributed by atoms with E-state index < -0.39 is 0 Å². The number of hydrogen-bond donors (Lipinski definition) is 1. The van der Waals surface area contributed by atoms with Crippen molar-refractivity contribution >= 4 is 6.01 Å². The molecule has 0 aliphatic carbocycles. The van der Waals surface area contributed by atoms with Crippen LogP contribution in [0.2, 0.25) is 0 Å². The highest BCUT2D eigenvalue weighted by Gasteiger charge is 2.29. The topological polar surface area (TPSA) is 50.5 Å². The zero-order valence-electron chi connectivity index (χ0n) is 12.4. The molecule has 0 spiro atoms. The number of aromatic nitrogens is 1. The van der Waals surface area contributed by atoms with Gasteiger partial charge in [0.05, 0.1) is 24.4 Å². The van der Waals surface area contributed by atoms with E-state index in [4.69, 9.17) is 9.15 Å². The van der Waals surface area contributed by atoms with Gasteiger partial charge in [0.15, 0.2) is 0 Å². The molecule has 5 nitrogen and oxygen atoms in total. The Morgan fingerprint density at radius 2 is 2.26 bits per heavy atom. The van der Waals surface area contributed by atoms with Crippen LogP contribution in [0, 0.1) is 5.92 Å². The maximum atomic E-state index is 5.69. The predicted octanol–water partition coefficient (Wildman–Crippen LogP) is 2.04. The smallest absolute Gasteiger partial charge is 0.297 e. The van der Waals surface area contributed by atoms with Crippen LogP contribution in [0.25, 0.3) is 0 Å². The van der Waals surface area contributed by atoms with Crippen LogP contribution in [0.4, 0.5) is 6.01 Å². The van der Waals surface area contributed by atoms with Gasteiger partial charge in [-0.25, -0.2) is 0 Å². The summed E-state index contributed by atoms with van der Waals surface area (Å²) in [5, 5.41) is 3.37. The summed E-state index contributed by atoms with van der Waals surface area (Å²) in [4.78, 5) is 6.69. The Morgan fingerprint density at radius 1 is 1.47 bits per heavy atom. The van der Waals surface area contributed by atoms with E-state index in [9.17, 15) is 0 Å². The summed E-state index contributed by atoms with van der Waals surface area (Å²) in [5.74, 6) is 0.645. The molecule has 1 N–H and O–H groups in total.